The lowest BCUT2D eigenvalue weighted by Gasteiger charge is -2.13. The van der Waals surface area contributed by atoms with Crippen LogP contribution < -0.4 is 0 Å². The molecule has 0 saturated heterocycles. The molecule has 4 rings (SSSR count). The number of ketones is 1. The molecule has 1 unspecified atom stereocenters. The van der Waals surface area contributed by atoms with Crippen molar-refractivity contribution < 1.29 is 9.21 Å². The molecular weight excluding hydrogens is 340 g/mol. The number of aromatic nitrogens is 6. The third kappa shape index (κ3) is 3.22. The van der Waals surface area contributed by atoms with Gasteiger partial charge in [-0.25, -0.2) is 9.67 Å². The molecule has 8 nitrogen and oxygen atoms in total. The van der Waals surface area contributed by atoms with Crippen molar-refractivity contribution in [2.45, 2.75) is 10.5 Å². The van der Waals surface area contributed by atoms with Gasteiger partial charge in [-0.05, 0) is 23.9 Å². The number of nitrogens with one attached hydrogen (secondary N) is 1. The van der Waals surface area contributed by atoms with Crippen LogP contribution in [0.4, 0.5) is 0 Å². The van der Waals surface area contributed by atoms with Crippen LogP contribution in [0.5, 0.6) is 0 Å². The van der Waals surface area contributed by atoms with E-state index in [1.807, 2.05) is 18.2 Å². The maximum atomic E-state index is 12.9. The molecule has 0 aliphatic rings. The quantitative estimate of drug-likeness (QED) is 0.420. The molecule has 3 heterocycles. The number of benzene rings is 1. The molecule has 4 aromatic rings. The maximum absolute atomic E-state index is 12.9. The minimum Gasteiger partial charge on any atom is -0.461 e. The largest absolute Gasteiger partial charge is 0.461 e. The number of nitrogens with zero attached hydrogens (tertiary/aromatic N) is 5. The second-order valence-electron chi connectivity index (χ2n) is 5.02. The highest BCUT2D eigenvalue weighted by Crippen LogP contribution is 2.32. The summed E-state index contributed by atoms with van der Waals surface area (Å²) in [6, 6.07) is 12.6. The minimum atomic E-state index is -0.662. The van der Waals surface area contributed by atoms with Crippen molar-refractivity contribution in [1.29, 1.82) is 0 Å². The van der Waals surface area contributed by atoms with Crippen molar-refractivity contribution in [1.82, 2.24) is 29.9 Å². The Hall–Kier alpha value is -3.20. The normalized spacial score (nSPS) is 12.2. The van der Waals surface area contributed by atoms with Gasteiger partial charge >= 0.3 is 0 Å². The van der Waals surface area contributed by atoms with Gasteiger partial charge in [0.25, 0.3) is 0 Å². The van der Waals surface area contributed by atoms with Crippen LogP contribution >= 0.6 is 11.8 Å². The van der Waals surface area contributed by atoms with Gasteiger partial charge in [0.1, 0.15) is 12.7 Å². The summed E-state index contributed by atoms with van der Waals surface area (Å²) in [6.45, 7) is 0. The first-order chi connectivity index (χ1) is 12.3. The average molecular weight is 352 g/mol. The highest BCUT2D eigenvalue weighted by Gasteiger charge is 2.26. The van der Waals surface area contributed by atoms with Crippen LogP contribution in [0.1, 0.15) is 15.7 Å². The fourth-order valence-electron chi connectivity index (χ4n) is 2.23. The zero-order valence-corrected chi connectivity index (χ0v) is 13.6. The van der Waals surface area contributed by atoms with E-state index in [1.165, 1.54) is 29.1 Å². The molecule has 0 bridgehead atoms. The molecule has 1 aromatic carbocycles. The number of thioether (sulfide) groups is 1. The molecular formula is C16H12N6O2S. The van der Waals surface area contributed by atoms with Crippen molar-refractivity contribution in [3.05, 3.63) is 66.9 Å². The second-order valence-corrected chi connectivity index (χ2v) is 6.07. The van der Waals surface area contributed by atoms with Crippen molar-refractivity contribution in [3.63, 3.8) is 0 Å². The van der Waals surface area contributed by atoms with Gasteiger partial charge < -0.3 is 4.42 Å². The third-order valence-electron chi connectivity index (χ3n) is 3.40. The molecule has 9 heteroatoms. The number of H-pyrrole nitrogens is 1. The lowest BCUT2D eigenvalue weighted by Crippen LogP contribution is -2.17. The Kier molecular flexibility index (Phi) is 4.13. The molecule has 124 valence electrons. The van der Waals surface area contributed by atoms with Gasteiger partial charge in [0, 0.05) is 5.56 Å². The highest BCUT2D eigenvalue weighted by atomic mass is 32.2. The van der Waals surface area contributed by atoms with Gasteiger partial charge in [0.2, 0.25) is 5.16 Å². The van der Waals surface area contributed by atoms with Crippen LogP contribution in [0.3, 0.4) is 0 Å². The lowest BCUT2D eigenvalue weighted by atomic mass is 10.1. The number of furan rings is 1. The van der Waals surface area contributed by atoms with Crippen LogP contribution in [0, 0.1) is 0 Å². The van der Waals surface area contributed by atoms with Crippen molar-refractivity contribution >= 4 is 17.5 Å². The third-order valence-corrected chi connectivity index (χ3v) is 4.44. The summed E-state index contributed by atoms with van der Waals surface area (Å²) in [6.07, 6.45) is 4.44. The van der Waals surface area contributed by atoms with Crippen molar-refractivity contribution in [2.24, 2.45) is 0 Å². The predicted octanol–water partition coefficient (Wildman–Crippen LogP) is 2.83. The fourth-order valence-corrected chi connectivity index (χ4v) is 3.14. The van der Waals surface area contributed by atoms with Crippen molar-refractivity contribution in [3.8, 4) is 11.6 Å². The van der Waals surface area contributed by atoms with Crippen LogP contribution in [0.25, 0.3) is 11.6 Å². The number of carbonyl (C=O) groups is 1. The Bertz CT molecular complexity index is 950. The second kappa shape index (κ2) is 6.73. The molecule has 25 heavy (non-hydrogen) atoms. The summed E-state index contributed by atoms with van der Waals surface area (Å²) in [5.41, 5.74) is 0.581. The monoisotopic (exact) mass is 352 g/mol. The zero-order valence-electron chi connectivity index (χ0n) is 12.8. The highest BCUT2D eigenvalue weighted by molar-refractivity contribution is 7.99. The van der Waals surface area contributed by atoms with E-state index in [-0.39, 0.29) is 5.78 Å². The van der Waals surface area contributed by atoms with Gasteiger partial charge in [-0.15, -0.1) is 5.10 Å². The molecule has 0 saturated carbocycles. The van der Waals surface area contributed by atoms with Gasteiger partial charge in [-0.3, -0.25) is 9.89 Å². The Labute approximate surface area is 146 Å². The Balaban J connectivity index is 1.62. The summed E-state index contributed by atoms with van der Waals surface area (Å²) in [4.78, 5) is 21.2. The van der Waals surface area contributed by atoms with Crippen LogP contribution in [-0.4, -0.2) is 35.7 Å². The maximum Gasteiger partial charge on any atom is 0.211 e. The summed E-state index contributed by atoms with van der Waals surface area (Å²) in [5, 5.41) is 10.8. The van der Waals surface area contributed by atoms with Crippen molar-refractivity contribution in [2.75, 3.05) is 0 Å². The van der Waals surface area contributed by atoms with Gasteiger partial charge in [0.05, 0.1) is 6.26 Å². The fraction of sp³-hybridized carbons (Fsp3) is 0.0625. The average Bonchev–Trinajstić information content (AvgIpc) is 3.42. The number of hydrogen-bond donors (Lipinski definition) is 1. The SMILES string of the molecule is O=C(c1ccccc1)C(Sc1n[nH]c(-c2ccco2)n1)n1cncn1. The minimum absolute atomic E-state index is 0.111. The Morgan fingerprint density at radius 3 is 2.80 bits per heavy atom. The lowest BCUT2D eigenvalue weighted by molar-refractivity contribution is 0.0962. The standard InChI is InChI=1S/C16H12N6O2S/c23-13(11-5-2-1-3-6-11)15(22-10-17-9-18-22)25-16-19-14(20-21-16)12-7-4-8-24-12/h1-10,15H,(H,19,20,21). The van der Waals surface area contributed by atoms with E-state index >= 15 is 0 Å². The molecule has 0 fully saturated rings. The van der Waals surface area contributed by atoms with Crippen LogP contribution in [0.15, 0.2) is 71.0 Å². The van der Waals surface area contributed by atoms with E-state index in [4.69, 9.17) is 4.42 Å². The molecule has 0 aliphatic carbocycles. The van der Waals surface area contributed by atoms with Gasteiger partial charge in [0.15, 0.2) is 22.7 Å². The van der Waals surface area contributed by atoms with E-state index in [2.05, 4.69) is 25.3 Å². The van der Waals surface area contributed by atoms with E-state index in [9.17, 15) is 4.79 Å². The van der Waals surface area contributed by atoms with E-state index in [0.29, 0.717) is 22.3 Å². The predicted molar refractivity (Wildman–Crippen MR) is 89.8 cm³/mol. The molecule has 1 N–H and O–H groups in total. The number of Topliss-reactive ketones (excluding diaryl/α,β-unsaturated/α-hetero) is 1. The smallest absolute Gasteiger partial charge is 0.211 e. The number of hydrogen-bond acceptors (Lipinski definition) is 7. The summed E-state index contributed by atoms with van der Waals surface area (Å²) < 4.78 is 6.78. The van der Waals surface area contributed by atoms with E-state index in [0.717, 1.165) is 0 Å². The Morgan fingerprint density at radius 2 is 2.08 bits per heavy atom. The zero-order chi connectivity index (χ0) is 17.1. The first-order valence-corrected chi connectivity index (χ1v) is 8.25. The number of carbonyl (C=O) groups excluding carboxylic acids is 1. The topological polar surface area (TPSA) is 102 Å². The molecule has 3 aromatic heterocycles. The Morgan fingerprint density at radius 1 is 1.20 bits per heavy atom. The first-order valence-electron chi connectivity index (χ1n) is 7.37. The van der Waals surface area contributed by atoms with Gasteiger partial charge in [-0.2, -0.15) is 10.1 Å². The van der Waals surface area contributed by atoms with Crippen LogP contribution in [-0.2, 0) is 0 Å². The number of rotatable bonds is 6. The summed E-state index contributed by atoms with van der Waals surface area (Å²) in [7, 11) is 0. The van der Waals surface area contributed by atoms with E-state index in [1.54, 1.807) is 30.5 Å². The number of aromatic amines is 1. The first kappa shape index (κ1) is 15.3. The van der Waals surface area contributed by atoms with Gasteiger partial charge in [-0.1, -0.05) is 30.3 Å². The molecule has 0 amide bonds. The van der Waals surface area contributed by atoms with E-state index < -0.39 is 5.37 Å². The molecule has 0 spiro atoms. The molecule has 0 radical (unpaired) electrons. The van der Waals surface area contributed by atoms with Crippen LogP contribution in [0.2, 0.25) is 0 Å². The molecule has 1 atom stereocenters. The molecule has 0 aliphatic heterocycles. The summed E-state index contributed by atoms with van der Waals surface area (Å²) >= 11 is 1.18. The summed E-state index contributed by atoms with van der Waals surface area (Å²) in [5.74, 6) is 0.962.